The van der Waals surface area contributed by atoms with Crippen molar-refractivity contribution in [2.75, 3.05) is 14.2 Å². The molecule has 106 valence electrons. The predicted molar refractivity (Wildman–Crippen MR) is 74.6 cm³/mol. The molecule has 2 heterocycles. The van der Waals surface area contributed by atoms with Crippen LogP contribution in [0.1, 0.15) is 10.6 Å². The molecule has 7 nitrogen and oxygen atoms in total. The van der Waals surface area contributed by atoms with E-state index in [0.717, 1.165) is 16.5 Å². The number of fused-ring (bicyclic) bond motifs is 1. The van der Waals surface area contributed by atoms with Crippen LogP contribution in [-0.2, 0) is 4.74 Å². The highest BCUT2D eigenvalue weighted by Crippen LogP contribution is 2.27. The van der Waals surface area contributed by atoms with Crippen molar-refractivity contribution in [2.24, 2.45) is 0 Å². The van der Waals surface area contributed by atoms with Crippen molar-refractivity contribution < 1.29 is 14.3 Å². The largest absolute Gasteiger partial charge is 0.496 e. The smallest absolute Gasteiger partial charge is 0.377 e. The van der Waals surface area contributed by atoms with E-state index in [0.29, 0.717) is 5.82 Å². The van der Waals surface area contributed by atoms with Crippen molar-refractivity contribution in [3.8, 4) is 11.6 Å². The summed E-state index contributed by atoms with van der Waals surface area (Å²) >= 11 is 0. The number of ether oxygens (including phenoxy) is 2. The van der Waals surface area contributed by atoms with Crippen LogP contribution >= 0.6 is 0 Å². The second-order valence-corrected chi connectivity index (χ2v) is 4.19. The van der Waals surface area contributed by atoms with Crippen LogP contribution in [-0.4, -0.2) is 39.9 Å². The van der Waals surface area contributed by atoms with E-state index in [1.54, 1.807) is 13.3 Å². The maximum absolute atomic E-state index is 11.4. The number of esters is 1. The summed E-state index contributed by atoms with van der Waals surface area (Å²) < 4.78 is 11.4. The van der Waals surface area contributed by atoms with Gasteiger partial charge >= 0.3 is 5.97 Å². The van der Waals surface area contributed by atoms with Gasteiger partial charge in [0.1, 0.15) is 12.1 Å². The molecular weight excluding hydrogens is 272 g/mol. The van der Waals surface area contributed by atoms with Crippen molar-refractivity contribution >= 4 is 16.7 Å². The van der Waals surface area contributed by atoms with Gasteiger partial charge in [-0.3, -0.25) is 0 Å². The molecule has 0 atom stereocenters. The monoisotopic (exact) mass is 284 g/mol. The molecule has 1 aromatic carbocycles. The Hall–Kier alpha value is -2.96. The van der Waals surface area contributed by atoms with E-state index in [-0.39, 0.29) is 5.82 Å². The SMILES string of the molecule is COC(=O)c1ncn(-c2nccc3c(OC)cccc23)n1. The van der Waals surface area contributed by atoms with E-state index in [9.17, 15) is 4.79 Å². The molecule has 0 amide bonds. The average Bonchev–Trinajstić information content (AvgIpc) is 3.02. The van der Waals surface area contributed by atoms with E-state index in [1.165, 1.54) is 18.1 Å². The summed E-state index contributed by atoms with van der Waals surface area (Å²) in [6, 6.07) is 7.49. The zero-order chi connectivity index (χ0) is 14.8. The van der Waals surface area contributed by atoms with Gasteiger partial charge in [0, 0.05) is 17.0 Å². The fourth-order valence-electron chi connectivity index (χ4n) is 2.07. The second-order valence-electron chi connectivity index (χ2n) is 4.19. The number of hydrogen-bond acceptors (Lipinski definition) is 6. The molecule has 0 saturated heterocycles. The van der Waals surface area contributed by atoms with Gasteiger partial charge < -0.3 is 9.47 Å². The minimum absolute atomic E-state index is 0.0146. The molecule has 0 unspecified atom stereocenters. The summed E-state index contributed by atoms with van der Waals surface area (Å²) in [4.78, 5) is 19.6. The van der Waals surface area contributed by atoms with Crippen molar-refractivity contribution in [2.45, 2.75) is 0 Å². The summed E-state index contributed by atoms with van der Waals surface area (Å²) in [5.41, 5.74) is 0. The average molecular weight is 284 g/mol. The molecule has 2 aromatic heterocycles. The topological polar surface area (TPSA) is 79.1 Å². The number of carbonyl (C=O) groups excluding carboxylic acids is 1. The minimum atomic E-state index is -0.591. The Morgan fingerprint density at radius 1 is 1.14 bits per heavy atom. The lowest BCUT2D eigenvalue weighted by molar-refractivity contribution is 0.0587. The van der Waals surface area contributed by atoms with Gasteiger partial charge in [-0.1, -0.05) is 12.1 Å². The van der Waals surface area contributed by atoms with Gasteiger partial charge in [-0.2, -0.15) is 0 Å². The first kappa shape index (κ1) is 13.0. The standard InChI is InChI=1S/C14H12N4O3/c1-20-11-5-3-4-10-9(11)6-7-15-13(10)18-8-16-12(17-18)14(19)21-2/h3-8H,1-2H3. The summed E-state index contributed by atoms with van der Waals surface area (Å²) in [6.45, 7) is 0. The second kappa shape index (κ2) is 5.20. The van der Waals surface area contributed by atoms with Gasteiger partial charge in [-0.25, -0.2) is 19.4 Å². The molecular formula is C14H12N4O3. The molecule has 3 aromatic rings. The van der Waals surface area contributed by atoms with E-state index in [2.05, 4.69) is 19.8 Å². The molecule has 0 spiro atoms. The maximum atomic E-state index is 11.4. The predicted octanol–water partition coefficient (Wildman–Crippen LogP) is 1.61. The third-order valence-electron chi connectivity index (χ3n) is 3.04. The van der Waals surface area contributed by atoms with Gasteiger partial charge in [0.15, 0.2) is 5.82 Å². The van der Waals surface area contributed by atoms with Crippen LogP contribution in [0.2, 0.25) is 0 Å². The Kier molecular flexibility index (Phi) is 3.23. The molecule has 3 rings (SSSR count). The number of pyridine rings is 1. The van der Waals surface area contributed by atoms with Gasteiger partial charge in [-0.05, 0) is 12.1 Å². The quantitative estimate of drug-likeness (QED) is 0.680. The highest BCUT2D eigenvalue weighted by Gasteiger charge is 2.14. The fraction of sp³-hybridized carbons (Fsp3) is 0.143. The molecule has 7 heteroatoms. The molecule has 0 N–H and O–H groups in total. The zero-order valence-corrected chi connectivity index (χ0v) is 11.5. The molecule has 0 fully saturated rings. The Morgan fingerprint density at radius 3 is 2.76 bits per heavy atom. The first-order valence-electron chi connectivity index (χ1n) is 6.16. The number of nitrogens with zero attached hydrogens (tertiary/aromatic N) is 4. The highest BCUT2D eigenvalue weighted by atomic mass is 16.5. The summed E-state index contributed by atoms with van der Waals surface area (Å²) in [7, 11) is 2.89. The lowest BCUT2D eigenvalue weighted by Crippen LogP contribution is -2.06. The highest BCUT2D eigenvalue weighted by molar-refractivity contribution is 5.93. The van der Waals surface area contributed by atoms with Crippen LogP contribution in [0.25, 0.3) is 16.6 Å². The fourth-order valence-corrected chi connectivity index (χ4v) is 2.07. The van der Waals surface area contributed by atoms with Gasteiger partial charge in [0.05, 0.1) is 14.2 Å². The Bertz CT molecular complexity index is 813. The van der Waals surface area contributed by atoms with Crippen LogP contribution in [0.3, 0.4) is 0 Å². The lowest BCUT2D eigenvalue weighted by Gasteiger charge is -2.08. The third kappa shape index (κ3) is 2.18. The van der Waals surface area contributed by atoms with Gasteiger partial charge in [0.2, 0.25) is 0 Å². The first-order chi connectivity index (χ1) is 10.2. The summed E-state index contributed by atoms with van der Waals surface area (Å²) in [6.07, 6.45) is 3.08. The van der Waals surface area contributed by atoms with Crippen molar-refractivity contribution in [3.05, 3.63) is 42.6 Å². The van der Waals surface area contributed by atoms with E-state index in [1.807, 2.05) is 24.3 Å². The van der Waals surface area contributed by atoms with Crippen molar-refractivity contribution in [3.63, 3.8) is 0 Å². The Morgan fingerprint density at radius 2 is 2.00 bits per heavy atom. The number of benzene rings is 1. The number of aromatic nitrogens is 4. The minimum Gasteiger partial charge on any atom is -0.496 e. The molecule has 21 heavy (non-hydrogen) atoms. The van der Waals surface area contributed by atoms with E-state index in [4.69, 9.17) is 4.74 Å². The lowest BCUT2D eigenvalue weighted by atomic mass is 10.1. The maximum Gasteiger partial charge on any atom is 0.377 e. The van der Waals surface area contributed by atoms with Crippen molar-refractivity contribution in [1.82, 2.24) is 19.7 Å². The number of methoxy groups -OCH3 is 2. The van der Waals surface area contributed by atoms with Crippen LogP contribution in [0, 0.1) is 0 Å². The Labute approximate surface area is 120 Å². The van der Waals surface area contributed by atoms with Crippen LogP contribution < -0.4 is 4.74 Å². The summed E-state index contributed by atoms with van der Waals surface area (Å²) in [5, 5.41) is 5.83. The Balaban J connectivity index is 2.17. The van der Waals surface area contributed by atoms with Crippen LogP contribution in [0.5, 0.6) is 5.75 Å². The molecule has 0 radical (unpaired) electrons. The molecule has 0 saturated carbocycles. The van der Waals surface area contributed by atoms with Crippen LogP contribution in [0.4, 0.5) is 0 Å². The normalized spacial score (nSPS) is 10.6. The van der Waals surface area contributed by atoms with Crippen LogP contribution in [0.15, 0.2) is 36.8 Å². The first-order valence-corrected chi connectivity index (χ1v) is 6.16. The van der Waals surface area contributed by atoms with Crippen molar-refractivity contribution in [1.29, 1.82) is 0 Å². The molecule has 0 aliphatic carbocycles. The van der Waals surface area contributed by atoms with Gasteiger partial charge in [-0.15, -0.1) is 5.10 Å². The van der Waals surface area contributed by atoms with E-state index < -0.39 is 5.97 Å². The zero-order valence-electron chi connectivity index (χ0n) is 11.5. The molecule has 0 aliphatic heterocycles. The number of rotatable bonds is 3. The van der Waals surface area contributed by atoms with E-state index >= 15 is 0 Å². The van der Waals surface area contributed by atoms with Gasteiger partial charge in [0.25, 0.3) is 5.82 Å². The number of hydrogen-bond donors (Lipinski definition) is 0. The summed E-state index contributed by atoms with van der Waals surface area (Å²) in [5.74, 6) is 0.698. The number of carbonyl (C=O) groups is 1. The molecule has 0 bridgehead atoms. The third-order valence-corrected chi connectivity index (χ3v) is 3.04. The molecule has 0 aliphatic rings.